The van der Waals surface area contributed by atoms with Crippen LogP contribution in [-0.2, 0) is 4.79 Å². The van der Waals surface area contributed by atoms with Gasteiger partial charge in [-0.2, -0.15) is 0 Å². The molecule has 1 rings (SSSR count). The lowest BCUT2D eigenvalue weighted by atomic mass is 9.80. The number of Topliss-reactive ketones (excluding diaryl/α,β-unsaturated/α-hetero) is 1. The van der Waals surface area contributed by atoms with Crippen LogP contribution in [-0.4, -0.2) is 28.0 Å². The molecule has 0 aliphatic heterocycles. The van der Waals surface area contributed by atoms with Crippen molar-refractivity contribution in [2.24, 2.45) is 5.92 Å². The molecule has 1 aliphatic carbocycles. The zero-order valence-corrected chi connectivity index (χ0v) is 8.18. The molecule has 0 bridgehead atoms. The fourth-order valence-electron chi connectivity index (χ4n) is 2.15. The molecule has 0 spiro atoms. The number of rotatable bonds is 3. The van der Waals surface area contributed by atoms with Gasteiger partial charge in [-0.05, 0) is 19.8 Å². The molecule has 0 saturated heterocycles. The van der Waals surface area contributed by atoms with Crippen molar-refractivity contribution in [1.82, 2.24) is 0 Å². The smallest absolute Gasteiger partial charge is 0.241 e. The number of aliphatic hydroxyl groups excluding tert-OH is 1. The zero-order chi connectivity index (χ0) is 10.7. The number of nitro groups is 1. The second-order valence-electron chi connectivity index (χ2n) is 3.94. The van der Waals surface area contributed by atoms with Crippen LogP contribution in [0.2, 0.25) is 0 Å². The summed E-state index contributed by atoms with van der Waals surface area (Å²) in [5.41, 5.74) is 0. The van der Waals surface area contributed by atoms with Gasteiger partial charge in [-0.25, -0.2) is 0 Å². The molecule has 0 amide bonds. The summed E-state index contributed by atoms with van der Waals surface area (Å²) in [6.45, 7) is 1.43. The maximum Gasteiger partial charge on any atom is 0.241 e. The summed E-state index contributed by atoms with van der Waals surface area (Å²) in [4.78, 5) is 21.1. The topological polar surface area (TPSA) is 80.4 Å². The van der Waals surface area contributed by atoms with Gasteiger partial charge in [-0.1, -0.05) is 6.42 Å². The van der Waals surface area contributed by atoms with Crippen molar-refractivity contribution in [3.8, 4) is 0 Å². The average Bonchev–Trinajstić information content (AvgIpc) is 2.01. The lowest BCUT2D eigenvalue weighted by molar-refractivity contribution is -0.547. The van der Waals surface area contributed by atoms with Crippen LogP contribution in [0.4, 0.5) is 0 Å². The van der Waals surface area contributed by atoms with Gasteiger partial charge in [0.2, 0.25) is 6.04 Å². The van der Waals surface area contributed by atoms with Crippen molar-refractivity contribution in [2.45, 2.75) is 44.8 Å². The molecule has 5 nitrogen and oxygen atoms in total. The van der Waals surface area contributed by atoms with E-state index < -0.39 is 17.1 Å². The Labute approximate surface area is 82.3 Å². The lowest BCUT2D eigenvalue weighted by Crippen LogP contribution is -2.43. The average molecular weight is 201 g/mol. The molecule has 0 aromatic rings. The first-order chi connectivity index (χ1) is 6.52. The Balaban J connectivity index is 2.69. The molecule has 14 heavy (non-hydrogen) atoms. The van der Waals surface area contributed by atoms with E-state index in [2.05, 4.69) is 0 Å². The minimum absolute atomic E-state index is 0.0454. The maximum absolute atomic E-state index is 10.9. The number of hydrogen-bond acceptors (Lipinski definition) is 4. The predicted molar refractivity (Wildman–Crippen MR) is 49.4 cm³/mol. The SMILES string of the molecule is CC(=O)CC1CCCC(O)C1[N+](=O)[O-]. The van der Waals surface area contributed by atoms with Crippen molar-refractivity contribution in [3.63, 3.8) is 0 Å². The largest absolute Gasteiger partial charge is 0.386 e. The summed E-state index contributed by atoms with van der Waals surface area (Å²) < 4.78 is 0. The van der Waals surface area contributed by atoms with Crippen LogP contribution < -0.4 is 0 Å². The highest BCUT2D eigenvalue weighted by Crippen LogP contribution is 2.29. The first kappa shape index (κ1) is 11.1. The van der Waals surface area contributed by atoms with E-state index in [0.29, 0.717) is 12.8 Å². The van der Waals surface area contributed by atoms with E-state index in [1.807, 2.05) is 0 Å². The van der Waals surface area contributed by atoms with Crippen LogP contribution in [0.5, 0.6) is 0 Å². The molecule has 0 aromatic heterocycles. The Morgan fingerprint density at radius 2 is 2.21 bits per heavy atom. The van der Waals surface area contributed by atoms with Crippen LogP contribution in [0.15, 0.2) is 0 Å². The van der Waals surface area contributed by atoms with E-state index in [1.165, 1.54) is 6.92 Å². The van der Waals surface area contributed by atoms with Crippen LogP contribution in [0, 0.1) is 16.0 Å². The standard InChI is InChI=1S/C9H15NO4/c1-6(11)5-7-3-2-4-8(12)9(7)10(13)14/h7-9,12H,2-5H2,1H3. The molecule has 3 atom stereocenters. The fraction of sp³-hybridized carbons (Fsp3) is 0.889. The van der Waals surface area contributed by atoms with E-state index in [4.69, 9.17) is 0 Å². The van der Waals surface area contributed by atoms with Gasteiger partial charge in [0.25, 0.3) is 0 Å². The lowest BCUT2D eigenvalue weighted by Gasteiger charge is -2.28. The molecule has 1 saturated carbocycles. The third-order valence-corrected chi connectivity index (χ3v) is 2.75. The third-order valence-electron chi connectivity index (χ3n) is 2.75. The summed E-state index contributed by atoms with van der Waals surface area (Å²) in [5, 5.41) is 20.2. The van der Waals surface area contributed by atoms with E-state index >= 15 is 0 Å². The Bertz CT molecular complexity index is 241. The fourth-order valence-corrected chi connectivity index (χ4v) is 2.15. The Morgan fingerprint density at radius 1 is 1.57 bits per heavy atom. The molecule has 3 unspecified atom stereocenters. The van der Waals surface area contributed by atoms with Gasteiger partial charge in [-0.15, -0.1) is 0 Å². The van der Waals surface area contributed by atoms with Gasteiger partial charge in [0.15, 0.2) is 0 Å². The molecule has 1 fully saturated rings. The Hall–Kier alpha value is -0.970. The van der Waals surface area contributed by atoms with Crippen LogP contribution in [0.25, 0.3) is 0 Å². The van der Waals surface area contributed by atoms with Crippen molar-refractivity contribution in [2.75, 3.05) is 0 Å². The summed E-state index contributed by atoms with van der Waals surface area (Å²) in [6, 6.07) is -0.951. The van der Waals surface area contributed by atoms with Gasteiger partial charge in [0.1, 0.15) is 11.9 Å². The molecule has 1 N–H and O–H groups in total. The third kappa shape index (κ3) is 2.51. The Morgan fingerprint density at radius 3 is 2.71 bits per heavy atom. The highest BCUT2D eigenvalue weighted by Gasteiger charge is 2.41. The van der Waals surface area contributed by atoms with E-state index in [-0.39, 0.29) is 18.1 Å². The summed E-state index contributed by atoms with van der Waals surface area (Å²) >= 11 is 0. The maximum atomic E-state index is 10.9. The zero-order valence-electron chi connectivity index (χ0n) is 8.18. The summed E-state index contributed by atoms with van der Waals surface area (Å²) in [5.74, 6) is -0.331. The van der Waals surface area contributed by atoms with Gasteiger partial charge in [0.05, 0.1) is 0 Å². The minimum Gasteiger partial charge on any atom is -0.386 e. The summed E-state index contributed by atoms with van der Waals surface area (Å²) in [6.07, 6.45) is 1.23. The van der Waals surface area contributed by atoms with Gasteiger partial charge in [-0.3, -0.25) is 10.1 Å². The molecular weight excluding hydrogens is 186 g/mol. The monoisotopic (exact) mass is 201 g/mol. The molecule has 80 valence electrons. The van der Waals surface area contributed by atoms with Gasteiger partial charge in [0, 0.05) is 17.3 Å². The quantitative estimate of drug-likeness (QED) is 0.540. The second kappa shape index (κ2) is 4.50. The van der Waals surface area contributed by atoms with Crippen molar-refractivity contribution < 1.29 is 14.8 Å². The van der Waals surface area contributed by atoms with E-state index in [0.717, 1.165) is 6.42 Å². The summed E-state index contributed by atoms with van der Waals surface area (Å²) in [7, 11) is 0. The number of carbonyl (C=O) groups is 1. The van der Waals surface area contributed by atoms with Crippen LogP contribution in [0.1, 0.15) is 32.6 Å². The molecule has 0 radical (unpaired) electrons. The van der Waals surface area contributed by atoms with Gasteiger partial charge >= 0.3 is 0 Å². The first-order valence-corrected chi connectivity index (χ1v) is 4.83. The molecular formula is C9H15NO4. The van der Waals surface area contributed by atoms with E-state index in [1.54, 1.807) is 0 Å². The predicted octanol–water partition coefficient (Wildman–Crippen LogP) is 0.772. The molecule has 5 heteroatoms. The number of hydrogen-bond donors (Lipinski definition) is 1. The number of nitrogens with zero attached hydrogens (tertiary/aromatic N) is 1. The number of ketones is 1. The van der Waals surface area contributed by atoms with Crippen molar-refractivity contribution >= 4 is 5.78 Å². The normalized spacial score (nSPS) is 32.6. The van der Waals surface area contributed by atoms with E-state index in [9.17, 15) is 20.0 Å². The van der Waals surface area contributed by atoms with Gasteiger partial charge < -0.3 is 9.90 Å². The van der Waals surface area contributed by atoms with Crippen molar-refractivity contribution in [3.05, 3.63) is 10.1 Å². The van der Waals surface area contributed by atoms with Crippen LogP contribution >= 0.6 is 0 Å². The minimum atomic E-state index is -0.951. The molecule has 0 heterocycles. The highest BCUT2D eigenvalue weighted by atomic mass is 16.6. The second-order valence-corrected chi connectivity index (χ2v) is 3.94. The first-order valence-electron chi connectivity index (χ1n) is 4.83. The molecule has 1 aliphatic rings. The van der Waals surface area contributed by atoms with Crippen molar-refractivity contribution in [1.29, 1.82) is 0 Å². The Kier molecular flexibility index (Phi) is 3.57. The highest BCUT2D eigenvalue weighted by molar-refractivity contribution is 5.75. The van der Waals surface area contributed by atoms with Crippen LogP contribution in [0.3, 0.4) is 0 Å². The number of aliphatic hydroxyl groups is 1. The number of carbonyl (C=O) groups excluding carboxylic acids is 1. The molecule has 0 aromatic carbocycles.